The number of para-hydroxylation sites is 1. The molecule has 0 spiro atoms. The fourth-order valence-corrected chi connectivity index (χ4v) is 8.13. The highest BCUT2D eigenvalue weighted by Crippen LogP contribution is 2.36. The van der Waals surface area contributed by atoms with Crippen LogP contribution in [0.1, 0.15) is 44.2 Å². The fraction of sp³-hybridized carbons (Fsp3) is 0.514. The minimum absolute atomic E-state index is 0.0223. The molecular formula is C35H49Cl2FN5O9PS2. The molecule has 4 N–H and O–H groups in total. The van der Waals surface area contributed by atoms with Gasteiger partial charge in [0.2, 0.25) is 10.7 Å². The summed E-state index contributed by atoms with van der Waals surface area (Å²) in [4.78, 5) is 61.3. The molecule has 0 saturated heterocycles. The number of fused-ring (bicyclic) bond motifs is 1. The standard InChI is InChI=1S/C15H15ClFN3O3S2.C15H22ClNO2.C5H12NO4P/c1-23-13(21)8-24-12-7-11(10(17)6-9(12)16)18-14-19-4-2-3-5-20(19)15(22)25-14;1-5-13-8-6-7-11(2)15(13)17(14(18)9-16)12(3)10-19-4;1-11(9,10)3-2-4(6)5(7)8/h6-7H,2-5,8H2,1H3;6-8,12H,5,9-10H2,1-4H3;4H,2-3,6H2,1H3,(H,7,8)(H,9,10)/b18-14-;;. The van der Waals surface area contributed by atoms with E-state index in [0.29, 0.717) is 29.4 Å². The third-order valence-electron chi connectivity index (χ3n) is 8.03. The first-order valence-electron chi connectivity index (χ1n) is 17.2. The molecule has 14 nitrogen and oxygen atoms in total. The van der Waals surface area contributed by atoms with E-state index in [2.05, 4.69) is 22.7 Å². The van der Waals surface area contributed by atoms with E-state index in [0.717, 1.165) is 65.2 Å². The highest BCUT2D eigenvalue weighted by molar-refractivity contribution is 8.00. The molecule has 1 amide bonds. The minimum atomic E-state index is -3.10. The Balaban J connectivity index is 0.000000309. The Labute approximate surface area is 337 Å². The van der Waals surface area contributed by atoms with E-state index in [-0.39, 0.29) is 51.7 Å². The lowest BCUT2D eigenvalue weighted by Gasteiger charge is -2.31. The third kappa shape index (κ3) is 15.1. The number of methoxy groups -OCH3 is 2. The lowest BCUT2D eigenvalue weighted by Crippen LogP contribution is -2.43. The maximum atomic E-state index is 14.3. The number of aryl methyl sites for hydroxylation is 2. The van der Waals surface area contributed by atoms with Gasteiger partial charge in [0.15, 0.2) is 7.37 Å². The summed E-state index contributed by atoms with van der Waals surface area (Å²) in [6, 6.07) is 7.66. The van der Waals surface area contributed by atoms with Crippen LogP contribution in [0.3, 0.4) is 0 Å². The van der Waals surface area contributed by atoms with Gasteiger partial charge in [-0.05, 0) is 74.1 Å². The number of aromatic nitrogens is 2. The van der Waals surface area contributed by atoms with Crippen LogP contribution in [0.15, 0.2) is 45.0 Å². The van der Waals surface area contributed by atoms with Gasteiger partial charge in [-0.25, -0.2) is 14.1 Å². The maximum Gasteiger partial charge on any atom is 0.325 e. The number of thioether (sulfide) groups is 1. The van der Waals surface area contributed by atoms with Crippen LogP contribution in [0, 0.1) is 12.7 Å². The predicted octanol–water partition coefficient (Wildman–Crippen LogP) is 5.65. The number of halogens is 3. The summed E-state index contributed by atoms with van der Waals surface area (Å²) in [5, 5.41) is 8.48. The molecule has 55 heavy (non-hydrogen) atoms. The number of aliphatic carboxylic acids is 1. The number of carbonyl (C=O) groups is 3. The highest BCUT2D eigenvalue weighted by atomic mass is 35.5. The van der Waals surface area contributed by atoms with Crippen LogP contribution < -0.4 is 20.3 Å². The number of carboxylic acid groups (broad SMARTS) is 1. The van der Waals surface area contributed by atoms with Gasteiger partial charge in [-0.1, -0.05) is 36.7 Å². The minimum Gasteiger partial charge on any atom is -0.480 e. The molecule has 2 heterocycles. The van der Waals surface area contributed by atoms with Gasteiger partial charge in [0.05, 0.1) is 36.2 Å². The van der Waals surface area contributed by atoms with E-state index < -0.39 is 31.2 Å². The second-order valence-corrected chi connectivity index (χ2v) is 17.6. The van der Waals surface area contributed by atoms with Crippen LogP contribution >= 0.6 is 53.7 Å². The maximum absolute atomic E-state index is 14.3. The van der Waals surface area contributed by atoms with Crippen molar-refractivity contribution in [1.29, 1.82) is 0 Å². The molecule has 0 bridgehead atoms. The largest absolute Gasteiger partial charge is 0.480 e. The molecule has 20 heteroatoms. The second-order valence-electron chi connectivity index (χ2n) is 12.5. The van der Waals surface area contributed by atoms with Crippen molar-refractivity contribution in [3.8, 4) is 0 Å². The Morgan fingerprint density at radius 2 is 1.85 bits per heavy atom. The van der Waals surface area contributed by atoms with E-state index in [9.17, 15) is 28.1 Å². The quantitative estimate of drug-likeness (QED) is 0.0785. The normalized spacial score (nSPS) is 14.6. The van der Waals surface area contributed by atoms with Crippen molar-refractivity contribution >= 4 is 82.9 Å². The van der Waals surface area contributed by atoms with Crippen LogP contribution in [0.4, 0.5) is 15.8 Å². The van der Waals surface area contributed by atoms with Crippen LogP contribution in [0.5, 0.6) is 0 Å². The molecule has 4 rings (SSSR count). The number of hydrogen-bond donors (Lipinski definition) is 3. The molecule has 1 aliphatic heterocycles. The monoisotopic (exact) mass is 867 g/mol. The van der Waals surface area contributed by atoms with Gasteiger partial charge in [0.1, 0.15) is 23.4 Å². The fourth-order valence-electron chi connectivity index (χ4n) is 5.25. The van der Waals surface area contributed by atoms with Crippen LogP contribution in [-0.2, 0) is 47.9 Å². The number of carboxylic acids is 1. The Kier molecular flexibility index (Phi) is 20.4. The zero-order chi connectivity index (χ0) is 41.5. The van der Waals surface area contributed by atoms with Crippen molar-refractivity contribution in [3.63, 3.8) is 0 Å². The van der Waals surface area contributed by atoms with Gasteiger partial charge in [0, 0.05) is 37.9 Å². The van der Waals surface area contributed by atoms with Gasteiger partial charge >= 0.3 is 16.8 Å². The molecule has 1 aromatic heterocycles. The molecule has 0 radical (unpaired) electrons. The summed E-state index contributed by atoms with van der Waals surface area (Å²) in [6.45, 7) is 9.07. The van der Waals surface area contributed by atoms with Gasteiger partial charge in [-0.2, -0.15) is 0 Å². The number of ether oxygens (including phenoxy) is 2. The number of nitrogens with two attached hydrogens (primary N) is 1. The first-order chi connectivity index (χ1) is 25.9. The van der Waals surface area contributed by atoms with Crippen molar-refractivity contribution < 1.29 is 42.8 Å². The molecule has 0 fully saturated rings. The average Bonchev–Trinajstić information content (AvgIpc) is 3.46. The number of alkyl halides is 1. The van der Waals surface area contributed by atoms with Gasteiger partial charge < -0.3 is 30.1 Å². The van der Waals surface area contributed by atoms with Crippen molar-refractivity contribution in [2.45, 2.75) is 76.5 Å². The van der Waals surface area contributed by atoms with Crippen LogP contribution in [0.2, 0.25) is 5.02 Å². The van der Waals surface area contributed by atoms with Gasteiger partial charge in [-0.15, -0.1) is 23.4 Å². The van der Waals surface area contributed by atoms with E-state index in [1.165, 1.54) is 19.8 Å². The number of carbonyl (C=O) groups excluding carboxylic acids is 2. The summed E-state index contributed by atoms with van der Waals surface area (Å²) in [5.41, 5.74) is 8.39. The first-order valence-corrected chi connectivity index (χ1v) is 22.2. The Bertz CT molecular complexity index is 1950. The summed E-state index contributed by atoms with van der Waals surface area (Å²) < 4.78 is 38.1. The van der Waals surface area contributed by atoms with Crippen molar-refractivity contribution in [2.24, 2.45) is 10.7 Å². The molecule has 3 atom stereocenters. The zero-order valence-corrected chi connectivity index (χ0v) is 35.7. The summed E-state index contributed by atoms with van der Waals surface area (Å²) in [6.07, 6.45) is 2.77. The van der Waals surface area contributed by atoms with Crippen LogP contribution in [-0.4, -0.2) is 94.6 Å². The first kappa shape index (κ1) is 48.1. The number of benzene rings is 2. The number of anilines is 1. The number of hydrogen-bond acceptors (Lipinski definition) is 11. The Morgan fingerprint density at radius 1 is 1.20 bits per heavy atom. The van der Waals surface area contributed by atoms with Crippen molar-refractivity contribution in [3.05, 3.63) is 66.8 Å². The number of nitrogens with zero attached hydrogens (tertiary/aromatic N) is 4. The smallest absolute Gasteiger partial charge is 0.325 e. The third-order valence-corrected chi connectivity index (χ3v) is 11.7. The molecule has 3 aromatic rings. The topological polar surface area (TPSA) is 196 Å². The molecule has 2 aromatic carbocycles. The van der Waals surface area contributed by atoms with Gasteiger partial charge in [0.25, 0.3) is 0 Å². The number of esters is 1. The summed E-state index contributed by atoms with van der Waals surface area (Å²) in [7, 11) is -0.168. The van der Waals surface area contributed by atoms with E-state index >= 15 is 0 Å². The molecule has 0 saturated carbocycles. The van der Waals surface area contributed by atoms with E-state index in [1.807, 2.05) is 26.0 Å². The zero-order valence-electron chi connectivity index (χ0n) is 31.6. The Hall–Kier alpha value is -3.02. The molecular weight excluding hydrogens is 819 g/mol. The van der Waals surface area contributed by atoms with E-state index in [1.54, 1.807) is 21.4 Å². The highest BCUT2D eigenvalue weighted by Gasteiger charge is 2.25. The number of amides is 1. The summed E-state index contributed by atoms with van der Waals surface area (Å²) in [5.74, 6) is -2.17. The molecule has 306 valence electrons. The molecule has 1 aliphatic rings. The lowest BCUT2D eigenvalue weighted by atomic mass is 10.0. The van der Waals surface area contributed by atoms with Crippen LogP contribution in [0.25, 0.3) is 0 Å². The molecule has 0 aliphatic carbocycles. The Morgan fingerprint density at radius 3 is 2.42 bits per heavy atom. The molecule has 3 unspecified atom stereocenters. The average molecular weight is 869 g/mol. The van der Waals surface area contributed by atoms with E-state index in [4.69, 9.17) is 43.7 Å². The predicted molar refractivity (Wildman–Crippen MR) is 216 cm³/mol. The van der Waals surface area contributed by atoms with Crippen molar-refractivity contribution in [2.75, 3.05) is 50.2 Å². The van der Waals surface area contributed by atoms with Gasteiger partial charge in [-0.3, -0.25) is 28.4 Å². The lowest BCUT2D eigenvalue weighted by molar-refractivity contribution is -0.139. The van der Waals surface area contributed by atoms with Crippen molar-refractivity contribution in [1.82, 2.24) is 9.36 Å². The summed E-state index contributed by atoms with van der Waals surface area (Å²) >= 11 is 13.9. The number of rotatable bonds is 14. The SMILES string of the molecule is CCc1cccc(C)c1N(C(=O)CCl)C(C)COC.COC(=O)CSc1cc(/N=c2\sc(=O)n3n2CCCC3)c(F)cc1Cl.CP(=O)(O)CCC(N)C(=O)O. The second kappa shape index (κ2) is 23.3.